The first-order valence-corrected chi connectivity index (χ1v) is 10.8. The highest BCUT2D eigenvalue weighted by atomic mass is 35.5. The van der Waals surface area contributed by atoms with Gasteiger partial charge in [0.2, 0.25) is 0 Å². The molecule has 0 radical (unpaired) electrons. The molecule has 3 N–H and O–H groups in total. The monoisotopic (exact) mass is 432 g/mol. The van der Waals surface area contributed by atoms with Gasteiger partial charge in [-0.05, 0) is 51.9 Å². The van der Waals surface area contributed by atoms with Crippen LogP contribution < -0.4 is 16.0 Å². The minimum Gasteiger partial charge on any atom is -0.369 e. The van der Waals surface area contributed by atoms with E-state index in [4.69, 9.17) is 33.3 Å². The average molecular weight is 433 g/mol. The van der Waals surface area contributed by atoms with Crippen LogP contribution in [0.1, 0.15) is 24.2 Å². The van der Waals surface area contributed by atoms with Gasteiger partial charge in [0.05, 0.1) is 21.3 Å². The van der Waals surface area contributed by atoms with Gasteiger partial charge in [-0.15, -0.1) is 0 Å². The van der Waals surface area contributed by atoms with Crippen molar-refractivity contribution in [3.63, 3.8) is 0 Å². The van der Waals surface area contributed by atoms with Gasteiger partial charge in [0.1, 0.15) is 5.82 Å². The number of nitrogens with one attached hydrogen (secondary N) is 3. The molecule has 3 aromatic rings. The highest BCUT2D eigenvalue weighted by Crippen LogP contribution is 2.38. The first-order valence-electron chi connectivity index (χ1n) is 10.0. The Kier molecular flexibility index (Phi) is 6.25. The zero-order valence-electron chi connectivity index (χ0n) is 16.7. The van der Waals surface area contributed by atoms with Crippen LogP contribution in [0.4, 0.5) is 5.82 Å². The first kappa shape index (κ1) is 20.4. The van der Waals surface area contributed by atoms with Crippen molar-refractivity contribution in [1.29, 1.82) is 0 Å². The van der Waals surface area contributed by atoms with Crippen LogP contribution in [-0.2, 0) is 0 Å². The summed E-state index contributed by atoms with van der Waals surface area (Å²) in [6.07, 6.45) is 2.36. The summed E-state index contributed by atoms with van der Waals surface area (Å²) in [5, 5.41) is 16.4. The summed E-state index contributed by atoms with van der Waals surface area (Å²) in [7, 11) is 0. The zero-order chi connectivity index (χ0) is 20.4. The molecule has 2 aromatic heterocycles. The fraction of sp³-hybridized carbons (Fsp3) is 0.429. The largest absolute Gasteiger partial charge is 0.369 e. The summed E-state index contributed by atoms with van der Waals surface area (Å²) >= 11 is 12.9. The Morgan fingerprint density at radius 1 is 1.10 bits per heavy atom. The summed E-state index contributed by atoms with van der Waals surface area (Å²) in [4.78, 5) is 4.74. The lowest BCUT2D eigenvalue weighted by molar-refractivity contribution is 0.392. The number of halogens is 2. The molecule has 0 spiro atoms. The standard InChI is InChI=1S/C21H26Cl2N6/c1-13-12-18(26-11-10-25-15-6-8-24-9-7-15)29-21(27-13)19(14(2)28-29)20-16(22)4-3-5-17(20)23/h3-5,12,15,24-26H,6-11H2,1-2H3. The lowest BCUT2D eigenvalue weighted by atomic mass is 10.1. The van der Waals surface area contributed by atoms with Crippen molar-refractivity contribution in [2.45, 2.75) is 32.7 Å². The second-order valence-electron chi connectivity index (χ2n) is 7.48. The van der Waals surface area contributed by atoms with E-state index in [0.717, 1.165) is 60.2 Å². The van der Waals surface area contributed by atoms with E-state index in [9.17, 15) is 0 Å². The maximum absolute atomic E-state index is 6.47. The van der Waals surface area contributed by atoms with Gasteiger partial charge in [0, 0.05) is 36.5 Å². The van der Waals surface area contributed by atoms with Crippen molar-refractivity contribution in [2.24, 2.45) is 0 Å². The normalized spacial score (nSPS) is 15.2. The van der Waals surface area contributed by atoms with Gasteiger partial charge >= 0.3 is 0 Å². The molecule has 0 bridgehead atoms. The highest BCUT2D eigenvalue weighted by molar-refractivity contribution is 6.39. The number of hydrogen-bond acceptors (Lipinski definition) is 5. The smallest absolute Gasteiger partial charge is 0.165 e. The molecule has 0 saturated carbocycles. The van der Waals surface area contributed by atoms with Crippen LogP contribution in [0.3, 0.4) is 0 Å². The number of hydrogen-bond donors (Lipinski definition) is 3. The zero-order valence-corrected chi connectivity index (χ0v) is 18.2. The summed E-state index contributed by atoms with van der Waals surface area (Å²) in [6.45, 7) is 7.84. The predicted molar refractivity (Wildman–Crippen MR) is 120 cm³/mol. The van der Waals surface area contributed by atoms with Crippen molar-refractivity contribution in [2.75, 3.05) is 31.5 Å². The minimum atomic E-state index is 0.596. The highest BCUT2D eigenvalue weighted by Gasteiger charge is 2.20. The van der Waals surface area contributed by atoms with Crippen LogP contribution >= 0.6 is 23.2 Å². The number of aryl methyl sites for hydroxylation is 2. The van der Waals surface area contributed by atoms with Gasteiger partial charge in [0.25, 0.3) is 0 Å². The van der Waals surface area contributed by atoms with E-state index in [1.165, 1.54) is 12.8 Å². The van der Waals surface area contributed by atoms with Gasteiger partial charge in [0.15, 0.2) is 5.65 Å². The quantitative estimate of drug-likeness (QED) is 0.512. The van der Waals surface area contributed by atoms with Crippen LogP contribution in [0.5, 0.6) is 0 Å². The molecule has 0 amide bonds. The second kappa shape index (κ2) is 8.88. The van der Waals surface area contributed by atoms with Crippen LogP contribution in [0.2, 0.25) is 10.0 Å². The van der Waals surface area contributed by atoms with Crippen LogP contribution in [-0.4, -0.2) is 46.8 Å². The molecule has 0 atom stereocenters. The maximum Gasteiger partial charge on any atom is 0.165 e. The van der Waals surface area contributed by atoms with Crippen LogP contribution in [0, 0.1) is 13.8 Å². The molecule has 1 aliphatic rings. The molecule has 1 aromatic carbocycles. The van der Waals surface area contributed by atoms with Crippen LogP contribution in [0.15, 0.2) is 24.3 Å². The topological polar surface area (TPSA) is 66.3 Å². The number of aromatic nitrogens is 3. The SMILES string of the molecule is Cc1cc(NCCNC2CCNCC2)n2nc(C)c(-c3c(Cl)cccc3Cl)c2n1. The van der Waals surface area contributed by atoms with Gasteiger partial charge in [-0.25, -0.2) is 4.98 Å². The van der Waals surface area contributed by atoms with Gasteiger partial charge in [-0.1, -0.05) is 29.3 Å². The Morgan fingerprint density at radius 2 is 1.83 bits per heavy atom. The van der Waals surface area contributed by atoms with Crippen molar-refractivity contribution in [3.05, 3.63) is 45.7 Å². The summed E-state index contributed by atoms with van der Waals surface area (Å²) in [5.41, 5.74) is 4.16. The van der Waals surface area contributed by atoms with Crippen molar-refractivity contribution < 1.29 is 0 Å². The summed E-state index contributed by atoms with van der Waals surface area (Å²) in [6, 6.07) is 8.14. The molecule has 1 saturated heterocycles. The van der Waals surface area contributed by atoms with E-state index in [1.807, 2.05) is 42.6 Å². The Hall–Kier alpha value is -1.86. The van der Waals surface area contributed by atoms with E-state index in [2.05, 4.69) is 16.0 Å². The van der Waals surface area contributed by atoms with E-state index in [0.29, 0.717) is 16.1 Å². The van der Waals surface area contributed by atoms with Crippen molar-refractivity contribution in [3.8, 4) is 11.1 Å². The third kappa shape index (κ3) is 4.36. The Morgan fingerprint density at radius 3 is 2.55 bits per heavy atom. The second-order valence-corrected chi connectivity index (χ2v) is 8.29. The van der Waals surface area contributed by atoms with Crippen LogP contribution in [0.25, 0.3) is 16.8 Å². The number of rotatable bonds is 6. The fourth-order valence-electron chi connectivity index (χ4n) is 3.89. The summed E-state index contributed by atoms with van der Waals surface area (Å²) in [5.74, 6) is 0.914. The van der Waals surface area contributed by atoms with Gasteiger partial charge in [-0.3, -0.25) is 0 Å². The van der Waals surface area contributed by atoms with E-state index in [-0.39, 0.29) is 0 Å². The molecule has 154 valence electrons. The Bertz CT molecular complexity index is 990. The first-order chi connectivity index (χ1) is 14.0. The van der Waals surface area contributed by atoms with Gasteiger partial charge < -0.3 is 16.0 Å². The number of fused-ring (bicyclic) bond motifs is 1. The molecule has 6 nitrogen and oxygen atoms in total. The predicted octanol–water partition coefficient (Wildman–Crippen LogP) is 4.07. The number of piperidine rings is 1. The Balaban J connectivity index is 1.59. The molecular weight excluding hydrogens is 407 g/mol. The fourth-order valence-corrected chi connectivity index (χ4v) is 4.48. The minimum absolute atomic E-state index is 0.596. The molecule has 0 unspecified atom stereocenters. The molecular formula is C21H26Cl2N6. The maximum atomic E-state index is 6.47. The molecule has 1 fully saturated rings. The van der Waals surface area contributed by atoms with Crippen molar-refractivity contribution in [1.82, 2.24) is 25.2 Å². The molecule has 0 aliphatic carbocycles. The van der Waals surface area contributed by atoms with E-state index >= 15 is 0 Å². The molecule has 29 heavy (non-hydrogen) atoms. The van der Waals surface area contributed by atoms with Crippen molar-refractivity contribution >= 4 is 34.7 Å². The number of anilines is 1. The number of nitrogens with zero attached hydrogens (tertiary/aromatic N) is 3. The average Bonchev–Trinajstić information content (AvgIpc) is 3.02. The van der Waals surface area contributed by atoms with E-state index < -0.39 is 0 Å². The van der Waals surface area contributed by atoms with Gasteiger partial charge in [-0.2, -0.15) is 9.61 Å². The molecule has 3 heterocycles. The third-order valence-corrected chi connectivity index (χ3v) is 5.94. The third-order valence-electron chi connectivity index (χ3n) is 5.31. The lowest BCUT2D eigenvalue weighted by Gasteiger charge is -2.23. The van der Waals surface area contributed by atoms with E-state index in [1.54, 1.807) is 0 Å². The lowest BCUT2D eigenvalue weighted by Crippen LogP contribution is -2.41. The molecule has 1 aliphatic heterocycles. The number of benzene rings is 1. The molecule has 4 rings (SSSR count). The summed E-state index contributed by atoms with van der Waals surface area (Å²) < 4.78 is 1.85. The molecule has 8 heteroatoms. The Labute approximate surface area is 181 Å².